The number of furan rings is 1. The van der Waals surface area contributed by atoms with Gasteiger partial charge in [0.05, 0.1) is 0 Å². The van der Waals surface area contributed by atoms with Gasteiger partial charge in [0.25, 0.3) is 0 Å². The Labute approximate surface area is 294 Å². The first kappa shape index (κ1) is 28.8. The molecule has 50 heavy (non-hydrogen) atoms. The minimum absolute atomic E-state index is 0.915. The summed E-state index contributed by atoms with van der Waals surface area (Å²) in [6.45, 7) is 0. The topological polar surface area (TPSA) is 13.1 Å². The molecular weight excluding hydrogens is 625 g/mol. The lowest BCUT2D eigenvalue weighted by molar-refractivity contribution is 0.671. The number of fused-ring (bicyclic) bond motifs is 6. The fraction of sp³-hybridized carbons (Fsp3) is 0. The Morgan fingerprint density at radius 3 is 1.42 bits per heavy atom. The van der Waals surface area contributed by atoms with Crippen LogP contribution in [0.3, 0.4) is 0 Å². The minimum atomic E-state index is 0.915. The highest BCUT2D eigenvalue weighted by molar-refractivity contribution is 7.26. The van der Waals surface area contributed by atoms with Crippen molar-refractivity contribution in [2.75, 3.05) is 0 Å². The molecule has 0 spiro atoms. The van der Waals surface area contributed by atoms with Gasteiger partial charge in [0.15, 0.2) is 0 Å². The first-order valence-corrected chi connectivity index (χ1v) is 17.8. The zero-order valence-electron chi connectivity index (χ0n) is 27.1. The predicted octanol–water partition coefficient (Wildman–Crippen LogP) is 14.3. The van der Waals surface area contributed by atoms with Gasteiger partial charge in [0.1, 0.15) is 11.2 Å². The van der Waals surface area contributed by atoms with Gasteiger partial charge in [-0.2, -0.15) is 0 Å². The fourth-order valence-electron chi connectivity index (χ4n) is 7.46. The normalized spacial score (nSPS) is 11.6. The molecule has 10 rings (SSSR count). The van der Waals surface area contributed by atoms with Gasteiger partial charge in [0.2, 0.25) is 0 Å². The van der Waals surface area contributed by atoms with Crippen molar-refractivity contribution in [1.29, 1.82) is 0 Å². The van der Waals surface area contributed by atoms with Crippen LogP contribution in [0.5, 0.6) is 0 Å². The van der Waals surface area contributed by atoms with Gasteiger partial charge in [-0.3, -0.25) is 0 Å². The van der Waals surface area contributed by atoms with E-state index in [4.69, 9.17) is 4.42 Å². The third-order valence-electron chi connectivity index (χ3n) is 9.91. The van der Waals surface area contributed by atoms with Gasteiger partial charge in [-0.15, -0.1) is 11.3 Å². The lowest BCUT2D eigenvalue weighted by Crippen LogP contribution is -1.83. The van der Waals surface area contributed by atoms with Crippen LogP contribution < -0.4 is 0 Å². The van der Waals surface area contributed by atoms with E-state index in [2.05, 4.69) is 182 Å². The molecular formula is C48H30OS. The first-order chi connectivity index (χ1) is 24.8. The van der Waals surface area contributed by atoms with E-state index in [0.29, 0.717) is 0 Å². The number of para-hydroxylation sites is 2. The Kier molecular flexibility index (Phi) is 6.75. The van der Waals surface area contributed by atoms with Gasteiger partial charge in [-0.25, -0.2) is 0 Å². The van der Waals surface area contributed by atoms with E-state index in [-0.39, 0.29) is 0 Å². The minimum Gasteiger partial charge on any atom is -0.455 e. The quantitative estimate of drug-likeness (QED) is 0.180. The number of benzene rings is 8. The summed E-state index contributed by atoms with van der Waals surface area (Å²) in [5.41, 5.74) is 13.6. The van der Waals surface area contributed by atoms with E-state index < -0.39 is 0 Å². The molecule has 0 saturated carbocycles. The Morgan fingerprint density at radius 2 is 0.740 bits per heavy atom. The average Bonchev–Trinajstić information content (AvgIpc) is 3.77. The van der Waals surface area contributed by atoms with Gasteiger partial charge in [0, 0.05) is 42.1 Å². The summed E-state index contributed by atoms with van der Waals surface area (Å²) in [6, 6.07) is 65.4. The van der Waals surface area contributed by atoms with Crippen LogP contribution in [0.15, 0.2) is 186 Å². The van der Waals surface area contributed by atoms with Crippen molar-refractivity contribution >= 4 is 53.4 Å². The van der Waals surface area contributed by atoms with E-state index in [1.807, 2.05) is 11.3 Å². The highest BCUT2D eigenvalue weighted by Gasteiger charge is 2.17. The van der Waals surface area contributed by atoms with Crippen LogP contribution in [0.4, 0.5) is 0 Å². The molecule has 2 heterocycles. The number of rotatable bonds is 5. The molecule has 0 unspecified atom stereocenters. The summed E-state index contributed by atoms with van der Waals surface area (Å²) in [5.74, 6) is 0. The molecule has 0 fully saturated rings. The number of thiophene rings is 1. The van der Waals surface area contributed by atoms with Crippen LogP contribution in [-0.4, -0.2) is 0 Å². The molecule has 10 aromatic rings. The van der Waals surface area contributed by atoms with Crippen molar-refractivity contribution in [2.24, 2.45) is 0 Å². The maximum Gasteiger partial charge on any atom is 0.143 e. The Hall–Kier alpha value is -6.22. The van der Waals surface area contributed by atoms with Crippen molar-refractivity contribution in [3.05, 3.63) is 182 Å². The molecule has 234 valence electrons. The molecule has 2 aromatic heterocycles. The van der Waals surface area contributed by atoms with Crippen LogP contribution in [0.2, 0.25) is 0 Å². The molecule has 0 N–H and O–H groups in total. The summed E-state index contributed by atoms with van der Waals surface area (Å²) in [4.78, 5) is 0. The highest BCUT2D eigenvalue weighted by Crippen LogP contribution is 2.43. The zero-order valence-corrected chi connectivity index (χ0v) is 28.0. The standard InChI is InChI=1S/C48H30OS/c1-2-11-31(12-3-1)32-25-27-33(28-26-32)34-13-6-14-35(29-34)38-18-8-21-42-43-22-9-19-39(47(43)49-46(38)42)36-15-7-16-37(30-36)40-20-10-23-44-41-17-4-5-24-45(41)50-48(40)44/h1-30H. The highest BCUT2D eigenvalue weighted by atomic mass is 32.1. The first-order valence-electron chi connectivity index (χ1n) is 17.0. The van der Waals surface area contributed by atoms with E-state index in [9.17, 15) is 0 Å². The third-order valence-corrected chi connectivity index (χ3v) is 11.1. The second-order valence-electron chi connectivity index (χ2n) is 12.9. The van der Waals surface area contributed by atoms with Gasteiger partial charge < -0.3 is 4.42 Å². The monoisotopic (exact) mass is 654 g/mol. The van der Waals surface area contributed by atoms with E-state index in [1.165, 1.54) is 53.6 Å². The van der Waals surface area contributed by atoms with Crippen LogP contribution in [0, 0.1) is 0 Å². The number of hydrogen-bond donors (Lipinski definition) is 0. The Bertz CT molecular complexity index is 2850. The summed E-state index contributed by atoms with van der Waals surface area (Å²) < 4.78 is 9.54. The molecule has 8 aromatic carbocycles. The molecule has 0 aliphatic heterocycles. The second-order valence-corrected chi connectivity index (χ2v) is 13.9. The molecule has 1 nitrogen and oxygen atoms in total. The zero-order chi connectivity index (χ0) is 33.0. The van der Waals surface area contributed by atoms with Gasteiger partial charge >= 0.3 is 0 Å². The van der Waals surface area contributed by atoms with Crippen molar-refractivity contribution in [3.8, 4) is 55.6 Å². The maximum atomic E-state index is 6.89. The molecule has 2 heteroatoms. The largest absolute Gasteiger partial charge is 0.455 e. The summed E-state index contributed by atoms with van der Waals surface area (Å²) in [5, 5.41) is 4.89. The van der Waals surface area contributed by atoms with Crippen molar-refractivity contribution in [3.63, 3.8) is 0 Å². The molecule has 0 aliphatic carbocycles. The molecule has 0 saturated heterocycles. The SMILES string of the molecule is c1ccc(-c2ccc(-c3cccc(-c4cccc5c4oc4c(-c6cccc(-c7cccc8c7sc7ccccc78)c6)cccc45)c3)cc2)cc1. The van der Waals surface area contributed by atoms with E-state index >= 15 is 0 Å². The fourth-order valence-corrected chi connectivity index (χ4v) is 8.69. The molecule has 0 amide bonds. The Morgan fingerprint density at radius 1 is 0.300 bits per heavy atom. The Balaban J connectivity index is 1.06. The van der Waals surface area contributed by atoms with Crippen molar-refractivity contribution in [1.82, 2.24) is 0 Å². The average molecular weight is 655 g/mol. The lowest BCUT2D eigenvalue weighted by Gasteiger charge is -2.08. The lowest BCUT2D eigenvalue weighted by atomic mass is 9.95. The van der Waals surface area contributed by atoms with E-state index in [1.54, 1.807) is 0 Å². The molecule has 0 aliphatic rings. The summed E-state index contributed by atoms with van der Waals surface area (Å²) in [7, 11) is 0. The van der Waals surface area contributed by atoms with Crippen molar-refractivity contribution in [2.45, 2.75) is 0 Å². The van der Waals surface area contributed by atoms with Gasteiger partial charge in [-0.05, 0) is 62.7 Å². The van der Waals surface area contributed by atoms with Crippen LogP contribution in [-0.2, 0) is 0 Å². The predicted molar refractivity (Wildman–Crippen MR) is 214 cm³/mol. The third kappa shape index (κ3) is 4.76. The van der Waals surface area contributed by atoms with Crippen LogP contribution >= 0.6 is 11.3 Å². The number of hydrogen-bond acceptors (Lipinski definition) is 2. The second kappa shape index (κ2) is 11.7. The molecule has 0 bridgehead atoms. The maximum absolute atomic E-state index is 6.89. The molecule has 0 radical (unpaired) electrons. The summed E-state index contributed by atoms with van der Waals surface area (Å²) >= 11 is 1.87. The smallest absolute Gasteiger partial charge is 0.143 e. The van der Waals surface area contributed by atoms with Crippen molar-refractivity contribution < 1.29 is 4.42 Å². The van der Waals surface area contributed by atoms with Crippen LogP contribution in [0.25, 0.3) is 97.7 Å². The van der Waals surface area contributed by atoms with Crippen LogP contribution in [0.1, 0.15) is 0 Å². The van der Waals surface area contributed by atoms with E-state index in [0.717, 1.165) is 44.2 Å². The van der Waals surface area contributed by atoms with Gasteiger partial charge in [-0.1, -0.05) is 164 Å². The summed E-state index contributed by atoms with van der Waals surface area (Å²) in [6.07, 6.45) is 0. The molecule has 0 atom stereocenters.